The van der Waals surface area contributed by atoms with Gasteiger partial charge in [0.05, 0.1) is 21.6 Å². The number of oxime groups is 1. The molecule has 0 aliphatic heterocycles. The van der Waals surface area contributed by atoms with Crippen LogP contribution in [0, 0.1) is 19.7 Å². The molecule has 7 nitrogen and oxygen atoms in total. The Morgan fingerprint density at radius 1 is 1.27 bits per heavy atom. The van der Waals surface area contributed by atoms with Crippen molar-refractivity contribution >= 4 is 21.8 Å². The van der Waals surface area contributed by atoms with Crippen molar-refractivity contribution < 1.29 is 14.7 Å². The molecule has 2 heterocycles. The third-order valence-corrected chi connectivity index (χ3v) is 4.93. The van der Waals surface area contributed by atoms with Gasteiger partial charge in [-0.15, -0.1) is 0 Å². The van der Waals surface area contributed by atoms with E-state index in [1.165, 1.54) is 16.8 Å². The van der Waals surface area contributed by atoms with Gasteiger partial charge < -0.3 is 20.6 Å². The molecule has 0 amide bonds. The summed E-state index contributed by atoms with van der Waals surface area (Å²) in [4.78, 5) is 0. The second kappa shape index (κ2) is 6.49. The smallest absolute Gasteiger partial charge is 0.174 e. The first-order valence-corrected chi connectivity index (χ1v) is 8.44. The Hall–Kier alpha value is -2.81. The number of nitrogens with two attached hydrogens (primary N) is 1. The van der Waals surface area contributed by atoms with Crippen LogP contribution in [0.25, 0.3) is 17.1 Å². The Kier molecular flexibility index (Phi) is 4.49. The molecule has 9 heteroatoms. The lowest BCUT2D eigenvalue weighted by Gasteiger charge is -2.13. The van der Waals surface area contributed by atoms with Gasteiger partial charge in [0.25, 0.3) is 0 Å². The fourth-order valence-electron chi connectivity index (χ4n) is 3.01. The third kappa shape index (κ3) is 2.74. The molecular weight excluding hydrogens is 405 g/mol. The molecule has 3 aromatic rings. The highest BCUT2D eigenvalue weighted by molar-refractivity contribution is 9.10. The maximum Gasteiger partial charge on any atom is 0.174 e. The number of aromatic nitrogens is 3. The number of aromatic hydroxyl groups is 1. The van der Waals surface area contributed by atoms with Crippen LogP contribution < -0.4 is 5.73 Å². The van der Waals surface area contributed by atoms with E-state index in [4.69, 9.17) is 5.73 Å². The van der Waals surface area contributed by atoms with Crippen molar-refractivity contribution in [3.8, 4) is 22.8 Å². The summed E-state index contributed by atoms with van der Waals surface area (Å²) in [6.45, 7) is 3.59. The minimum absolute atomic E-state index is 0.125. The van der Waals surface area contributed by atoms with Crippen LogP contribution in [-0.2, 0) is 7.05 Å². The van der Waals surface area contributed by atoms with Crippen molar-refractivity contribution in [1.82, 2.24) is 14.3 Å². The summed E-state index contributed by atoms with van der Waals surface area (Å²) in [5, 5.41) is 26.2. The van der Waals surface area contributed by atoms with E-state index in [1.54, 1.807) is 6.92 Å². The summed E-state index contributed by atoms with van der Waals surface area (Å²) in [5.74, 6) is -0.962. The van der Waals surface area contributed by atoms with Gasteiger partial charge in [-0.25, -0.2) is 9.07 Å². The van der Waals surface area contributed by atoms with Crippen LogP contribution in [0.2, 0.25) is 0 Å². The molecule has 0 radical (unpaired) electrons. The number of phenols is 1. The zero-order valence-corrected chi connectivity index (χ0v) is 15.9. The van der Waals surface area contributed by atoms with E-state index in [-0.39, 0.29) is 17.3 Å². The fraction of sp³-hybridized carbons (Fsp3) is 0.176. The van der Waals surface area contributed by atoms with Gasteiger partial charge in [-0.2, -0.15) is 5.10 Å². The first-order chi connectivity index (χ1) is 12.3. The number of aryl methyl sites for hydroxylation is 2. The Morgan fingerprint density at radius 3 is 2.50 bits per heavy atom. The largest absolute Gasteiger partial charge is 0.508 e. The van der Waals surface area contributed by atoms with E-state index in [1.807, 2.05) is 24.6 Å². The van der Waals surface area contributed by atoms with Gasteiger partial charge in [0, 0.05) is 13.1 Å². The van der Waals surface area contributed by atoms with Gasteiger partial charge in [-0.1, -0.05) is 5.16 Å². The van der Waals surface area contributed by atoms with Crippen molar-refractivity contribution in [2.24, 2.45) is 17.9 Å². The summed E-state index contributed by atoms with van der Waals surface area (Å²) in [6.07, 6.45) is 0. The van der Waals surface area contributed by atoms with Crippen LogP contribution in [0.1, 0.15) is 16.8 Å². The highest BCUT2D eigenvalue weighted by atomic mass is 79.9. The molecular formula is C17H17BrFN5O2. The predicted octanol–water partition coefficient (Wildman–Crippen LogP) is 3.20. The van der Waals surface area contributed by atoms with Crippen molar-refractivity contribution in [2.75, 3.05) is 0 Å². The molecule has 2 aromatic heterocycles. The Morgan fingerprint density at radius 2 is 1.96 bits per heavy atom. The molecule has 0 saturated carbocycles. The van der Waals surface area contributed by atoms with E-state index >= 15 is 0 Å². The zero-order chi connectivity index (χ0) is 19.2. The molecule has 136 valence electrons. The summed E-state index contributed by atoms with van der Waals surface area (Å²) < 4.78 is 18.6. The molecule has 0 spiro atoms. The van der Waals surface area contributed by atoms with Crippen LogP contribution in [-0.4, -0.2) is 30.5 Å². The van der Waals surface area contributed by atoms with Gasteiger partial charge >= 0.3 is 0 Å². The molecule has 0 aliphatic carbocycles. The lowest BCUT2D eigenvalue weighted by atomic mass is 10.1. The van der Waals surface area contributed by atoms with E-state index < -0.39 is 5.82 Å². The Labute approximate surface area is 157 Å². The molecule has 0 saturated heterocycles. The molecule has 0 aliphatic rings. The topological polar surface area (TPSA) is 102 Å². The summed E-state index contributed by atoms with van der Waals surface area (Å²) in [7, 11) is 1.84. The second-order valence-corrected chi connectivity index (χ2v) is 6.71. The van der Waals surface area contributed by atoms with E-state index in [0.717, 1.165) is 21.9 Å². The summed E-state index contributed by atoms with van der Waals surface area (Å²) in [6, 6.07) is 5.71. The van der Waals surface area contributed by atoms with Gasteiger partial charge in [0.1, 0.15) is 17.1 Å². The minimum Gasteiger partial charge on any atom is -0.508 e. The number of amidine groups is 1. The second-order valence-electron chi connectivity index (χ2n) is 5.90. The normalized spacial score (nSPS) is 12.0. The summed E-state index contributed by atoms with van der Waals surface area (Å²) in [5.41, 5.74) is 8.99. The fourth-order valence-corrected chi connectivity index (χ4v) is 3.53. The van der Waals surface area contributed by atoms with Gasteiger partial charge in [0.2, 0.25) is 0 Å². The van der Waals surface area contributed by atoms with Crippen LogP contribution in [0.5, 0.6) is 5.75 Å². The molecule has 0 unspecified atom stereocenters. The molecule has 3 rings (SSSR count). The quantitative estimate of drug-likeness (QED) is 0.261. The molecule has 4 N–H and O–H groups in total. The van der Waals surface area contributed by atoms with E-state index in [2.05, 4.69) is 26.2 Å². The van der Waals surface area contributed by atoms with Crippen LogP contribution in [0.4, 0.5) is 4.39 Å². The number of phenolic OH excluding ortho intramolecular Hbond substituents is 1. The number of hydrogen-bond donors (Lipinski definition) is 3. The van der Waals surface area contributed by atoms with Crippen molar-refractivity contribution in [3.63, 3.8) is 0 Å². The van der Waals surface area contributed by atoms with Crippen molar-refractivity contribution in [1.29, 1.82) is 0 Å². The highest BCUT2D eigenvalue weighted by Crippen LogP contribution is 2.35. The average Bonchev–Trinajstić information content (AvgIpc) is 3.03. The molecule has 0 bridgehead atoms. The van der Waals surface area contributed by atoms with Crippen LogP contribution >= 0.6 is 15.9 Å². The number of hydrogen-bond acceptors (Lipinski definition) is 4. The van der Waals surface area contributed by atoms with Gasteiger partial charge in [-0.3, -0.25) is 0 Å². The Bertz CT molecular complexity index is 1040. The van der Waals surface area contributed by atoms with Crippen LogP contribution in [0.3, 0.4) is 0 Å². The molecule has 26 heavy (non-hydrogen) atoms. The first-order valence-electron chi connectivity index (χ1n) is 7.64. The van der Waals surface area contributed by atoms with Crippen molar-refractivity contribution in [3.05, 3.63) is 51.5 Å². The van der Waals surface area contributed by atoms with Gasteiger partial charge in [-0.05, 0) is 53.5 Å². The van der Waals surface area contributed by atoms with E-state index in [0.29, 0.717) is 17.0 Å². The number of benzene rings is 1. The Balaban J connectivity index is 2.44. The average molecular weight is 422 g/mol. The predicted molar refractivity (Wildman–Crippen MR) is 99.3 cm³/mol. The first kappa shape index (κ1) is 18.0. The lowest BCUT2D eigenvalue weighted by Crippen LogP contribution is -2.16. The number of halogens is 2. The number of nitrogens with zero attached hydrogens (tertiary/aromatic N) is 4. The SMILES string of the molecule is Cc1cc(Br)n(C)c1-c1c(/C(N)=N/O)c(C)nn1-c1ccc(O)cc1F. The van der Waals surface area contributed by atoms with Crippen molar-refractivity contribution in [2.45, 2.75) is 13.8 Å². The molecule has 0 fully saturated rings. The number of rotatable bonds is 3. The van der Waals surface area contributed by atoms with Gasteiger partial charge in [0.15, 0.2) is 11.7 Å². The maximum absolute atomic E-state index is 14.5. The zero-order valence-electron chi connectivity index (χ0n) is 14.3. The lowest BCUT2D eigenvalue weighted by molar-refractivity contribution is 0.318. The monoisotopic (exact) mass is 421 g/mol. The summed E-state index contributed by atoms with van der Waals surface area (Å²) >= 11 is 3.47. The maximum atomic E-state index is 14.5. The minimum atomic E-state index is -0.647. The van der Waals surface area contributed by atoms with Crippen LogP contribution in [0.15, 0.2) is 34.0 Å². The molecule has 0 atom stereocenters. The highest BCUT2D eigenvalue weighted by Gasteiger charge is 2.26. The molecule has 1 aromatic carbocycles. The standard InChI is InChI=1S/C17H17BrFN5O2/c1-8-6-13(18)23(3)15(8)16-14(17(20)22-26)9(2)21-24(16)12-5-4-10(25)7-11(12)19/h4-7,25-26H,1-3H3,(H2,20,22). The third-order valence-electron chi connectivity index (χ3n) is 4.17. The van der Waals surface area contributed by atoms with E-state index in [9.17, 15) is 14.7 Å².